The molecule has 0 fully saturated rings. The predicted molar refractivity (Wildman–Crippen MR) is 271 cm³/mol. The molecule has 0 saturated heterocycles. The van der Waals surface area contributed by atoms with Crippen LogP contribution in [0.25, 0.3) is 136 Å². The van der Waals surface area contributed by atoms with E-state index in [9.17, 15) is 0 Å². The van der Waals surface area contributed by atoms with Crippen molar-refractivity contribution in [2.45, 2.75) is 0 Å². The third kappa shape index (κ3) is 5.48. The zero-order valence-electron chi connectivity index (χ0n) is 34.7. The zero-order chi connectivity index (χ0) is 42.6. The van der Waals surface area contributed by atoms with Crippen molar-refractivity contribution in [2.24, 2.45) is 0 Å². The lowest BCUT2D eigenvalue weighted by Crippen LogP contribution is -2.07. The summed E-state index contributed by atoms with van der Waals surface area (Å²) in [5.74, 6) is 1.69. The summed E-state index contributed by atoms with van der Waals surface area (Å²) in [4.78, 5) is 16.1. The number of thiophene rings is 1. The number of furan rings is 1. The van der Waals surface area contributed by atoms with E-state index in [1.54, 1.807) is 0 Å². The van der Waals surface area contributed by atoms with Gasteiger partial charge in [0.2, 0.25) is 5.95 Å². The summed E-state index contributed by atoms with van der Waals surface area (Å²) in [5.41, 5.74) is 10.1. The summed E-state index contributed by atoms with van der Waals surface area (Å²) in [7, 11) is 0. The zero-order valence-corrected chi connectivity index (χ0v) is 35.6. The minimum absolute atomic E-state index is 0.539. The number of benzene rings is 10. The van der Waals surface area contributed by atoms with Crippen LogP contribution in [-0.4, -0.2) is 19.5 Å². The van der Waals surface area contributed by atoms with Crippen molar-refractivity contribution in [1.82, 2.24) is 19.5 Å². The first-order valence-electron chi connectivity index (χ1n) is 21.8. The molecule has 0 atom stereocenters. The summed E-state index contributed by atoms with van der Waals surface area (Å²) in [5, 5.41) is 11.7. The maximum atomic E-state index is 6.41. The van der Waals surface area contributed by atoms with Gasteiger partial charge in [0.1, 0.15) is 11.2 Å². The fourth-order valence-electron chi connectivity index (χ4n) is 10.2. The molecule has 65 heavy (non-hydrogen) atoms. The molecule has 0 aliphatic heterocycles. The Morgan fingerprint density at radius 2 is 0.938 bits per heavy atom. The van der Waals surface area contributed by atoms with Gasteiger partial charge in [-0.25, -0.2) is 4.98 Å². The highest BCUT2D eigenvalue weighted by Gasteiger charge is 2.25. The fraction of sp³-hybridized carbons (Fsp3) is 0. The van der Waals surface area contributed by atoms with Gasteiger partial charge in [-0.3, -0.25) is 4.57 Å². The van der Waals surface area contributed by atoms with Gasteiger partial charge >= 0.3 is 0 Å². The average molecular weight is 847 g/mol. The van der Waals surface area contributed by atoms with Crippen molar-refractivity contribution in [2.75, 3.05) is 0 Å². The topological polar surface area (TPSA) is 56.7 Å². The van der Waals surface area contributed by atoms with Crippen LogP contribution < -0.4 is 0 Å². The van der Waals surface area contributed by atoms with Crippen LogP contribution in [0.3, 0.4) is 0 Å². The summed E-state index contributed by atoms with van der Waals surface area (Å²) in [6.45, 7) is 0. The molecule has 0 unspecified atom stereocenters. The van der Waals surface area contributed by atoms with Gasteiger partial charge in [-0.1, -0.05) is 176 Å². The number of hydrogen-bond acceptors (Lipinski definition) is 5. The van der Waals surface area contributed by atoms with E-state index in [0.29, 0.717) is 17.6 Å². The lowest BCUT2D eigenvalue weighted by atomic mass is 9.95. The van der Waals surface area contributed by atoms with E-state index in [2.05, 4.69) is 174 Å². The molecule has 0 bridgehead atoms. The van der Waals surface area contributed by atoms with E-state index in [1.807, 2.05) is 47.7 Å². The molecule has 0 radical (unpaired) electrons. The number of para-hydroxylation sites is 2. The molecule has 0 spiro atoms. The van der Waals surface area contributed by atoms with Crippen molar-refractivity contribution in [3.8, 4) is 51.0 Å². The van der Waals surface area contributed by atoms with Crippen molar-refractivity contribution in [3.63, 3.8) is 0 Å². The second-order valence-electron chi connectivity index (χ2n) is 16.7. The van der Waals surface area contributed by atoms with E-state index >= 15 is 0 Å². The molecule has 0 aliphatic carbocycles. The van der Waals surface area contributed by atoms with Gasteiger partial charge in [0.15, 0.2) is 11.6 Å². The molecule has 0 amide bonds. The molecular formula is C59H34N4OS. The second kappa shape index (κ2) is 14.0. The summed E-state index contributed by atoms with van der Waals surface area (Å²) < 4.78 is 11.3. The van der Waals surface area contributed by atoms with E-state index in [4.69, 9.17) is 19.4 Å². The van der Waals surface area contributed by atoms with Crippen LogP contribution in [0.4, 0.5) is 0 Å². The molecule has 0 saturated carbocycles. The number of hydrogen-bond donors (Lipinski definition) is 0. The third-order valence-corrected chi connectivity index (χ3v) is 14.3. The van der Waals surface area contributed by atoms with Crippen LogP contribution >= 0.6 is 11.3 Å². The second-order valence-corrected chi connectivity index (χ2v) is 17.7. The Morgan fingerprint density at radius 1 is 0.354 bits per heavy atom. The molecule has 0 aliphatic rings. The maximum absolute atomic E-state index is 6.41. The average Bonchev–Trinajstić information content (AvgIpc) is 4.07. The van der Waals surface area contributed by atoms with Gasteiger partial charge in [0.25, 0.3) is 0 Å². The normalized spacial score (nSPS) is 12.0. The number of fused-ring (bicyclic) bond motifs is 14. The highest BCUT2D eigenvalue weighted by Crippen LogP contribution is 2.46. The standard InChI is InChI=1S/C59H34N4OS/c1-2-15-35(16-3-1)57-60-58(38-31-32-44-43-21-8-10-29-50(43)64-51(44)34-38)62-59(61-57)63-54-39(25-13-28-49(54)53-46-23-6-4-19-41(46)42-20-5-7-24-47(42)55(53)63)36-17-12-18-37(33-36)40-26-14-27-48-45-22-9-11-30-52(45)65-56(40)48/h1-34H. The largest absolute Gasteiger partial charge is 0.456 e. The molecule has 4 heterocycles. The summed E-state index contributed by atoms with van der Waals surface area (Å²) >= 11 is 1.86. The summed E-state index contributed by atoms with van der Waals surface area (Å²) in [6, 6.07) is 73.3. The van der Waals surface area contributed by atoms with Gasteiger partial charge in [-0.2, -0.15) is 9.97 Å². The molecule has 14 rings (SSSR count). The van der Waals surface area contributed by atoms with Crippen LogP contribution in [0.15, 0.2) is 211 Å². The van der Waals surface area contributed by atoms with Crippen LogP contribution in [0.2, 0.25) is 0 Å². The Kier molecular flexibility index (Phi) is 7.79. The molecule has 6 heteroatoms. The molecular weight excluding hydrogens is 813 g/mol. The van der Waals surface area contributed by atoms with E-state index in [1.165, 1.54) is 47.5 Å². The predicted octanol–water partition coefficient (Wildman–Crippen LogP) is 16.2. The number of nitrogens with zero attached hydrogens (tertiary/aromatic N) is 4. The minimum atomic E-state index is 0.539. The first kappa shape index (κ1) is 36.1. The molecule has 302 valence electrons. The van der Waals surface area contributed by atoms with Gasteiger partial charge in [-0.05, 0) is 63.2 Å². The lowest BCUT2D eigenvalue weighted by Gasteiger charge is -2.15. The van der Waals surface area contributed by atoms with Crippen molar-refractivity contribution in [1.29, 1.82) is 0 Å². The SMILES string of the molecule is c1ccc(-c2nc(-c3ccc4c(c3)oc3ccccc34)nc(-n3c4c(-c5cccc(-c6cccc7c6sc6ccccc67)c5)cccc4c4c5ccccc5c5ccccc5c43)n2)cc1. The van der Waals surface area contributed by atoms with Gasteiger partial charge in [0, 0.05) is 63.8 Å². The highest BCUT2D eigenvalue weighted by atomic mass is 32.1. The number of aromatic nitrogens is 4. The first-order valence-corrected chi connectivity index (χ1v) is 22.7. The quantitative estimate of drug-likeness (QED) is 0.162. The summed E-state index contributed by atoms with van der Waals surface area (Å²) in [6.07, 6.45) is 0. The molecule has 5 nitrogen and oxygen atoms in total. The number of rotatable bonds is 5. The van der Waals surface area contributed by atoms with Crippen LogP contribution in [0.5, 0.6) is 0 Å². The molecule has 0 N–H and O–H groups in total. The van der Waals surface area contributed by atoms with Crippen LogP contribution in [-0.2, 0) is 0 Å². The molecule has 4 aromatic heterocycles. The van der Waals surface area contributed by atoms with E-state index in [-0.39, 0.29) is 0 Å². The van der Waals surface area contributed by atoms with Gasteiger partial charge in [0.05, 0.1) is 11.0 Å². The Labute approximate surface area is 376 Å². The van der Waals surface area contributed by atoms with Crippen molar-refractivity contribution >= 4 is 96.8 Å². The van der Waals surface area contributed by atoms with Crippen molar-refractivity contribution in [3.05, 3.63) is 206 Å². The van der Waals surface area contributed by atoms with Crippen LogP contribution in [0.1, 0.15) is 0 Å². The maximum Gasteiger partial charge on any atom is 0.238 e. The monoisotopic (exact) mass is 846 g/mol. The van der Waals surface area contributed by atoms with E-state index in [0.717, 1.165) is 71.4 Å². The Bertz CT molecular complexity index is 4260. The van der Waals surface area contributed by atoms with E-state index < -0.39 is 0 Å². The molecule has 10 aromatic carbocycles. The van der Waals surface area contributed by atoms with Gasteiger partial charge in [-0.15, -0.1) is 11.3 Å². The Hall–Kier alpha value is -8.45. The van der Waals surface area contributed by atoms with Crippen molar-refractivity contribution < 1.29 is 4.42 Å². The lowest BCUT2D eigenvalue weighted by molar-refractivity contribution is 0.669. The van der Waals surface area contributed by atoms with Gasteiger partial charge < -0.3 is 4.42 Å². The molecule has 14 aromatic rings. The Balaban J connectivity index is 1.09. The smallest absolute Gasteiger partial charge is 0.238 e. The fourth-order valence-corrected chi connectivity index (χ4v) is 11.4. The first-order chi connectivity index (χ1) is 32.2. The van der Waals surface area contributed by atoms with Crippen LogP contribution in [0, 0.1) is 0 Å². The Morgan fingerprint density at radius 3 is 1.77 bits per heavy atom. The third-order valence-electron chi connectivity index (χ3n) is 13.0. The highest BCUT2D eigenvalue weighted by molar-refractivity contribution is 7.26. The minimum Gasteiger partial charge on any atom is -0.456 e.